The Morgan fingerprint density at radius 1 is 1.20 bits per heavy atom. The van der Waals surface area contributed by atoms with E-state index in [-0.39, 0.29) is 5.69 Å². The van der Waals surface area contributed by atoms with E-state index in [1.54, 1.807) is 17.8 Å². The summed E-state index contributed by atoms with van der Waals surface area (Å²) in [5, 5.41) is 15.1. The molecule has 0 saturated carbocycles. The molecule has 0 aliphatic rings. The fourth-order valence-electron chi connectivity index (χ4n) is 2.25. The Hall–Kier alpha value is -2.69. The van der Waals surface area contributed by atoms with Crippen LogP contribution in [-0.4, -0.2) is 25.8 Å². The van der Waals surface area contributed by atoms with Gasteiger partial charge in [-0.2, -0.15) is 5.10 Å². The lowest BCUT2D eigenvalue weighted by Crippen LogP contribution is -1.99. The average molecular weight is 267 g/mol. The van der Waals surface area contributed by atoms with Gasteiger partial charge in [-0.3, -0.25) is 9.67 Å². The molecule has 1 aromatic carbocycles. The monoisotopic (exact) mass is 267 g/mol. The van der Waals surface area contributed by atoms with E-state index in [1.165, 1.54) is 0 Å². The summed E-state index contributed by atoms with van der Waals surface area (Å²) in [4.78, 5) is 15.2. The number of rotatable bonds is 2. The number of carboxylic acids is 1. The highest BCUT2D eigenvalue weighted by Gasteiger charge is 2.12. The summed E-state index contributed by atoms with van der Waals surface area (Å²) in [6.07, 6.45) is 1.82. The molecule has 3 rings (SSSR count). The minimum absolute atomic E-state index is 0.0460. The van der Waals surface area contributed by atoms with Crippen LogP contribution >= 0.6 is 0 Å². The molecule has 2 heterocycles. The number of aromatic carboxylic acids is 1. The van der Waals surface area contributed by atoms with Gasteiger partial charge in [0, 0.05) is 29.9 Å². The van der Waals surface area contributed by atoms with Crippen molar-refractivity contribution in [1.29, 1.82) is 0 Å². The molecule has 5 nitrogen and oxygen atoms in total. The first kappa shape index (κ1) is 12.3. The number of fused-ring (bicyclic) bond motifs is 1. The van der Waals surface area contributed by atoms with Crippen LogP contribution < -0.4 is 0 Å². The third kappa shape index (κ3) is 2.03. The average Bonchev–Trinajstić information content (AvgIpc) is 2.80. The molecule has 0 radical (unpaired) electrons. The van der Waals surface area contributed by atoms with E-state index in [9.17, 15) is 4.79 Å². The molecule has 5 heteroatoms. The topological polar surface area (TPSA) is 68.0 Å². The molecule has 3 aromatic rings. The molecule has 0 fully saturated rings. The largest absolute Gasteiger partial charge is 0.476 e. The maximum atomic E-state index is 11.0. The summed E-state index contributed by atoms with van der Waals surface area (Å²) >= 11 is 0. The number of aromatic nitrogens is 3. The molecular formula is C15H13N3O2. The predicted octanol–water partition coefficient (Wildman–Crippen LogP) is 2.64. The van der Waals surface area contributed by atoms with Crippen LogP contribution in [0.4, 0.5) is 0 Å². The van der Waals surface area contributed by atoms with Crippen LogP contribution in [0.5, 0.6) is 0 Å². The molecule has 0 unspecified atom stereocenters. The van der Waals surface area contributed by atoms with Crippen LogP contribution in [-0.2, 0) is 7.05 Å². The molecule has 0 aliphatic carbocycles. The van der Waals surface area contributed by atoms with E-state index in [0.717, 1.165) is 27.7 Å². The highest BCUT2D eigenvalue weighted by atomic mass is 16.4. The van der Waals surface area contributed by atoms with Crippen LogP contribution in [0.1, 0.15) is 16.2 Å². The quantitative estimate of drug-likeness (QED) is 0.775. The Bertz CT molecular complexity index is 821. The fourth-order valence-corrected chi connectivity index (χ4v) is 2.25. The van der Waals surface area contributed by atoms with Crippen molar-refractivity contribution in [2.45, 2.75) is 6.92 Å². The van der Waals surface area contributed by atoms with E-state index < -0.39 is 5.97 Å². The minimum atomic E-state index is -1.02. The second-order valence-corrected chi connectivity index (χ2v) is 4.73. The predicted molar refractivity (Wildman–Crippen MR) is 75.6 cm³/mol. The molecule has 2 aromatic heterocycles. The minimum Gasteiger partial charge on any atom is -0.476 e. The van der Waals surface area contributed by atoms with Crippen molar-refractivity contribution in [3.63, 3.8) is 0 Å². The molecule has 0 amide bonds. The summed E-state index contributed by atoms with van der Waals surface area (Å²) in [6, 6.07) is 9.55. The Morgan fingerprint density at radius 3 is 2.70 bits per heavy atom. The van der Waals surface area contributed by atoms with E-state index in [0.29, 0.717) is 0 Å². The Morgan fingerprint density at radius 2 is 2.00 bits per heavy atom. The van der Waals surface area contributed by atoms with Gasteiger partial charge < -0.3 is 5.11 Å². The van der Waals surface area contributed by atoms with Crippen LogP contribution in [0, 0.1) is 6.92 Å². The van der Waals surface area contributed by atoms with Gasteiger partial charge in [-0.1, -0.05) is 12.1 Å². The van der Waals surface area contributed by atoms with E-state index in [4.69, 9.17) is 5.11 Å². The molecule has 0 atom stereocenters. The zero-order chi connectivity index (χ0) is 14.3. The Labute approximate surface area is 115 Å². The van der Waals surface area contributed by atoms with Crippen LogP contribution in [0.2, 0.25) is 0 Å². The summed E-state index contributed by atoms with van der Waals surface area (Å²) < 4.78 is 1.58. The van der Waals surface area contributed by atoms with E-state index in [2.05, 4.69) is 10.1 Å². The lowest BCUT2D eigenvalue weighted by Gasteiger charge is -2.04. The lowest BCUT2D eigenvalue weighted by molar-refractivity contribution is 0.0689. The first-order valence-corrected chi connectivity index (χ1v) is 6.19. The zero-order valence-electron chi connectivity index (χ0n) is 11.2. The first-order valence-electron chi connectivity index (χ1n) is 6.19. The van der Waals surface area contributed by atoms with Gasteiger partial charge in [0.2, 0.25) is 0 Å². The van der Waals surface area contributed by atoms with Crippen molar-refractivity contribution in [1.82, 2.24) is 14.8 Å². The number of hydrogen-bond acceptors (Lipinski definition) is 3. The van der Waals surface area contributed by atoms with Crippen LogP contribution in [0.15, 0.2) is 36.5 Å². The Balaban J connectivity index is 2.14. The van der Waals surface area contributed by atoms with Gasteiger partial charge in [0.1, 0.15) is 0 Å². The van der Waals surface area contributed by atoms with Gasteiger partial charge >= 0.3 is 5.97 Å². The molecule has 0 aliphatic heterocycles. The van der Waals surface area contributed by atoms with E-state index >= 15 is 0 Å². The SMILES string of the molecule is Cc1cc2ccc(-c3cc(C(=O)O)nn3C)cc2cn1. The van der Waals surface area contributed by atoms with Gasteiger partial charge in [-0.05, 0) is 30.5 Å². The number of pyridine rings is 1. The van der Waals surface area contributed by atoms with Crippen molar-refractivity contribution in [3.05, 3.63) is 47.9 Å². The van der Waals surface area contributed by atoms with Gasteiger partial charge in [0.25, 0.3) is 0 Å². The summed E-state index contributed by atoms with van der Waals surface area (Å²) in [7, 11) is 1.74. The second-order valence-electron chi connectivity index (χ2n) is 4.73. The molecular weight excluding hydrogens is 254 g/mol. The van der Waals surface area contributed by atoms with Crippen molar-refractivity contribution in [2.75, 3.05) is 0 Å². The first-order chi connectivity index (χ1) is 9.54. The number of carbonyl (C=O) groups is 1. The van der Waals surface area contributed by atoms with Crippen molar-refractivity contribution in [2.24, 2.45) is 7.05 Å². The standard InChI is InChI=1S/C15H13N3O2/c1-9-5-10-3-4-11(6-12(10)8-16-9)14-7-13(15(19)20)17-18(14)2/h3-8H,1-2H3,(H,19,20). The van der Waals surface area contributed by atoms with Crippen LogP contribution in [0.25, 0.3) is 22.0 Å². The summed E-state index contributed by atoms with van der Waals surface area (Å²) in [5.74, 6) is -1.02. The van der Waals surface area contributed by atoms with Crippen molar-refractivity contribution >= 4 is 16.7 Å². The highest BCUT2D eigenvalue weighted by Crippen LogP contribution is 2.24. The Kier molecular flexibility index (Phi) is 2.75. The number of hydrogen-bond donors (Lipinski definition) is 1. The number of benzene rings is 1. The van der Waals surface area contributed by atoms with Crippen LogP contribution in [0.3, 0.4) is 0 Å². The van der Waals surface area contributed by atoms with Gasteiger partial charge in [0.05, 0.1) is 5.69 Å². The molecule has 0 bridgehead atoms. The number of aryl methyl sites for hydroxylation is 2. The highest BCUT2D eigenvalue weighted by molar-refractivity contribution is 5.89. The zero-order valence-corrected chi connectivity index (χ0v) is 11.2. The molecule has 0 spiro atoms. The normalized spacial score (nSPS) is 10.9. The number of carboxylic acid groups (broad SMARTS) is 1. The number of nitrogens with zero attached hydrogens (tertiary/aromatic N) is 3. The van der Waals surface area contributed by atoms with Gasteiger partial charge in [-0.15, -0.1) is 0 Å². The fraction of sp³-hybridized carbons (Fsp3) is 0.133. The lowest BCUT2D eigenvalue weighted by atomic mass is 10.1. The second kappa shape index (κ2) is 4.45. The maximum Gasteiger partial charge on any atom is 0.356 e. The third-order valence-electron chi connectivity index (χ3n) is 3.25. The molecule has 20 heavy (non-hydrogen) atoms. The molecule has 0 saturated heterocycles. The van der Waals surface area contributed by atoms with Crippen molar-refractivity contribution in [3.8, 4) is 11.3 Å². The third-order valence-corrected chi connectivity index (χ3v) is 3.25. The van der Waals surface area contributed by atoms with E-state index in [1.807, 2.05) is 37.4 Å². The maximum absolute atomic E-state index is 11.0. The smallest absolute Gasteiger partial charge is 0.356 e. The molecule has 100 valence electrons. The summed E-state index contributed by atoms with van der Waals surface area (Å²) in [5.41, 5.74) is 2.71. The van der Waals surface area contributed by atoms with Gasteiger partial charge in [-0.25, -0.2) is 4.79 Å². The molecule has 1 N–H and O–H groups in total. The summed E-state index contributed by atoms with van der Waals surface area (Å²) in [6.45, 7) is 1.95. The van der Waals surface area contributed by atoms with Crippen molar-refractivity contribution < 1.29 is 9.90 Å². The van der Waals surface area contributed by atoms with Gasteiger partial charge in [0.15, 0.2) is 5.69 Å².